The number of unbranched alkanes of at least 4 members (excludes halogenated alkanes) is 14. The number of aliphatic hydroxyl groups is 3. The minimum Gasteiger partial charge on any atom is -0.748 e. The monoisotopic (exact) mass is 1140 g/mol. The third-order valence-corrected chi connectivity index (χ3v) is 13.4. The third-order valence-electron chi connectivity index (χ3n) is 9.00. The molecule has 0 saturated carbocycles. The predicted octanol–water partition coefficient (Wildman–Crippen LogP) is 5.71. The number of halogens is 3. The lowest BCUT2D eigenvalue weighted by Crippen LogP contribution is -2.61. The molecule has 6 atom stereocenters. The van der Waals surface area contributed by atoms with Gasteiger partial charge in [-0.2, -0.15) is 0 Å². The molecule has 6 unspecified atom stereocenters. The van der Waals surface area contributed by atoms with Gasteiger partial charge in [-0.25, -0.2) is 8.42 Å². The van der Waals surface area contributed by atoms with Crippen LogP contribution in [0.3, 0.4) is 0 Å². The lowest BCUT2D eigenvalue weighted by molar-refractivity contribution is -0.299. The van der Waals surface area contributed by atoms with Crippen LogP contribution in [0.1, 0.15) is 126 Å². The summed E-state index contributed by atoms with van der Waals surface area (Å²) in [6, 6.07) is 3.59. The number of hydrogen-bond acceptors (Lipinski definition) is 13. The summed E-state index contributed by atoms with van der Waals surface area (Å²) >= 11 is 6.22. The van der Waals surface area contributed by atoms with Gasteiger partial charge in [0.2, 0.25) is 0 Å². The van der Waals surface area contributed by atoms with Gasteiger partial charge < -0.3 is 44.1 Å². The molecule has 1 fully saturated rings. The Morgan fingerprint density at radius 1 is 0.836 bits per heavy atom. The average Bonchev–Trinajstić information content (AvgIpc) is 3.12. The van der Waals surface area contributed by atoms with Crippen molar-refractivity contribution < 1.29 is 61.6 Å². The number of carbonyl (C=O) groups is 3. The van der Waals surface area contributed by atoms with Crippen molar-refractivity contribution >= 4 is 95.7 Å². The fourth-order valence-electron chi connectivity index (χ4n) is 5.99. The first-order valence-corrected chi connectivity index (χ1v) is 24.0. The van der Waals surface area contributed by atoms with Crippen molar-refractivity contribution in [3.8, 4) is 0 Å². The molecular weight excluding hydrogens is 1080 g/mol. The Bertz CT molecular complexity index is 1420. The van der Waals surface area contributed by atoms with E-state index in [1.165, 1.54) is 70.6 Å². The van der Waals surface area contributed by atoms with Gasteiger partial charge in [0.15, 0.2) is 12.4 Å². The van der Waals surface area contributed by atoms with E-state index in [4.69, 9.17) is 18.9 Å². The Labute approximate surface area is 366 Å². The highest BCUT2D eigenvalue weighted by Crippen LogP contribution is 2.27. The second-order valence-corrected chi connectivity index (χ2v) is 18.8. The first kappa shape index (κ1) is 50.7. The predicted molar refractivity (Wildman–Crippen MR) is 229 cm³/mol. The number of benzene rings is 1. The van der Waals surface area contributed by atoms with Crippen molar-refractivity contribution in [1.29, 1.82) is 0 Å². The van der Waals surface area contributed by atoms with E-state index >= 15 is 0 Å². The van der Waals surface area contributed by atoms with E-state index in [9.17, 15) is 42.7 Å². The summed E-state index contributed by atoms with van der Waals surface area (Å²) in [5.41, 5.74) is 0.412. The Balaban J connectivity index is 1.68. The van der Waals surface area contributed by atoms with Crippen LogP contribution in [-0.4, -0.2) is 108 Å². The van der Waals surface area contributed by atoms with Crippen molar-refractivity contribution in [3.05, 3.63) is 28.4 Å². The Morgan fingerprint density at radius 3 is 1.96 bits per heavy atom. The average molecular weight is 1140 g/mol. The van der Waals surface area contributed by atoms with Crippen LogP contribution in [0.4, 0.5) is 0 Å². The second-order valence-electron chi connectivity index (χ2n) is 13.8. The topological polar surface area (TPSA) is 218 Å². The largest absolute Gasteiger partial charge is 0.748 e. The van der Waals surface area contributed by atoms with Crippen LogP contribution < -0.4 is 5.32 Å². The highest BCUT2D eigenvalue weighted by atomic mass is 127. The molecule has 1 aliphatic heterocycles. The van der Waals surface area contributed by atoms with E-state index < -0.39 is 83.7 Å². The highest BCUT2D eigenvalue weighted by Gasteiger charge is 2.48. The number of ether oxygens (including phenoxy) is 4. The fourth-order valence-corrected chi connectivity index (χ4v) is 9.06. The number of aliphatic hydroxyl groups excluding tert-OH is 3. The van der Waals surface area contributed by atoms with E-state index in [1.807, 2.05) is 28.7 Å². The molecule has 2 rings (SSSR count). The fraction of sp³-hybridized carbons (Fsp3) is 0.757. The normalized spacial score (nSPS) is 20.5. The summed E-state index contributed by atoms with van der Waals surface area (Å²) in [6.07, 6.45) is 7.51. The van der Waals surface area contributed by atoms with Crippen molar-refractivity contribution in [2.24, 2.45) is 0 Å². The zero-order valence-corrected chi connectivity index (χ0v) is 38.7. The molecule has 1 aromatic carbocycles. The van der Waals surface area contributed by atoms with Gasteiger partial charge in [0, 0.05) is 23.7 Å². The van der Waals surface area contributed by atoms with Gasteiger partial charge in [0.05, 0.1) is 34.5 Å². The summed E-state index contributed by atoms with van der Waals surface area (Å²) in [4.78, 5) is 37.5. The Morgan fingerprint density at radius 2 is 1.40 bits per heavy atom. The standard InChI is InChI=1S/C37H58I3NO13S/c1-2-3-4-5-6-7-8-9-10-11-12-13-14-15-16-17-30(43)51-22-26(42)23-52-37-34(46)33(45)35(29(53-37)24-55(48,49)50)54-31(44)18-19-41-36(47)27-20-25(38)21-28(39)32(27)40/h20-21,26,29,33-35,37,42,45-46H,2-19,22-24H2,1H3,(H,41,47)(H,48,49,50)/p-1. The number of nitrogens with one attached hydrogen (secondary N) is 1. The SMILES string of the molecule is CCCCCCCCCCCCCCCCCC(=O)OCC(O)COC1OC(CS(=O)(=O)[O-])C(OC(=O)CCNC(=O)c2cc(I)cc(I)c2I)C(O)C1O. The van der Waals surface area contributed by atoms with Gasteiger partial charge in [-0.1, -0.05) is 96.8 Å². The van der Waals surface area contributed by atoms with Crippen LogP contribution >= 0.6 is 67.8 Å². The quantitative estimate of drug-likeness (QED) is 0.0261. The molecular formula is C37H57I3NO13S-. The molecule has 55 heavy (non-hydrogen) atoms. The highest BCUT2D eigenvalue weighted by molar-refractivity contribution is 14.1. The summed E-state index contributed by atoms with van der Waals surface area (Å²) in [6.45, 7) is 1.11. The van der Waals surface area contributed by atoms with Crippen molar-refractivity contribution in [2.45, 2.75) is 153 Å². The molecule has 0 radical (unpaired) electrons. The molecule has 14 nitrogen and oxygen atoms in total. The molecule has 0 spiro atoms. The van der Waals surface area contributed by atoms with Gasteiger partial charge in [-0.05, 0) is 86.3 Å². The van der Waals surface area contributed by atoms with E-state index in [1.54, 1.807) is 6.07 Å². The second kappa shape index (κ2) is 28.1. The number of amides is 1. The van der Waals surface area contributed by atoms with Crippen molar-refractivity contribution in [1.82, 2.24) is 5.32 Å². The van der Waals surface area contributed by atoms with Gasteiger partial charge in [-0.3, -0.25) is 14.4 Å². The summed E-state index contributed by atoms with van der Waals surface area (Å²) in [5.74, 6) is -3.12. The van der Waals surface area contributed by atoms with Crippen molar-refractivity contribution in [2.75, 3.05) is 25.5 Å². The van der Waals surface area contributed by atoms with Gasteiger partial charge in [-0.15, -0.1) is 0 Å². The van der Waals surface area contributed by atoms with E-state index in [0.717, 1.165) is 30.0 Å². The van der Waals surface area contributed by atoms with Crippen LogP contribution in [0.25, 0.3) is 0 Å². The van der Waals surface area contributed by atoms with Crippen LogP contribution in [0.15, 0.2) is 12.1 Å². The third kappa shape index (κ3) is 21.4. The van der Waals surface area contributed by atoms with E-state index in [2.05, 4.69) is 57.4 Å². The smallest absolute Gasteiger partial charge is 0.308 e. The number of carbonyl (C=O) groups excluding carboxylic acids is 3. The Kier molecular flexibility index (Phi) is 25.9. The molecule has 1 saturated heterocycles. The Hall–Kier alpha value is -0.470. The van der Waals surface area contributed by atoms with Crippen LogP contribution in [0.5, 0.6) is 0 Å². The van der Waals surface area contributed by atoms with Gasteiger partial charge in [0.25, 0.3) is 5.91 Å². The maximum atomic E-state index is 12.7. The molecule has 0 aromatic heterocycles. The zero-order chi connectivity index (χ0) is 40.8. The van der Waals surface area contributed by atoms with E-state index in [-0.39, 0.29) is 19.4 Å². The minimum absolute atomic E-state index is 0.166. The summed E-state index contributed by atoms with van der Waals surface area (Å²) in [7, 11) is -4.98. The lowest BCUT2D eigenvalue weighted by atomic mass is 9.99. The molecule has 1 aromatic rings. The lowest BCUT2D eigenvalue weighted by Gasteiger charge is -2.42. The molecule has 0 bridgehead atoms. The maximum absolute atomic E-state index is 12.7. The number of rotatable bonds is 28. The molecule has 1 aliphatic rings. The van der Waals surface area contributed by atoms with E-state index in [0.29, 0.717) is 12.0 Å². The first-order chi connectivity index (χ1) is 26.1. The molecule has 4 N–H and O–H groups in total. The molecule has 18 heteroatoms. The van der Waals surface area contributed by atoms with Crippen LogP contribution in [-0.2, 0) is 38.7 Å². The van der Waals surface area contributed by atoms with Gasteiger partial charge >= 0.3 is 11.9 Å². The minimum atomic E-state index is -4.98. The van der Waals surface area contributed by atoms with Crippen molar-refractivity contribution in [3.63, 3.8) is 0 Å². The molecule has 0 aliphatic carbocycles. The van der Waals surface area contributed by atoms with Crippen LogP contribution in [0, 0.1) is 10.7 Å². The first-order valence-electron chi connectivity index (χ1n) is 19.2. The molecule has 1 amide bonds. The van der Waals surface area contributed by atoms with Gasteiger partial charge in [0.1, 0.15) is 31.0 Å². The number of hydrogen-bond donors (Lipinski definition) is 4. The van der Waals surface area contributed by atoms with Crippen LogP contribution in [0.2, 0.25) is 0 Å². The summed E-state index contributed by atoms with van der Waals surface area (Å²) < 4.78 is 58.4. The number of esters is 2. The maximum Gasteiger partial charge on any atom is 0.308 e. The molecule has 316 valence electrons. The molecule has 1 heterocycles. The summed E-state index contributed by atoms with van der Waals surface area (Å²) in [5, 5.41) is 34.3. The zero-order valence-electron chi connectivity index (χ0n) is 31.4.